The number of benzene rings is 1. The molecule has 25 heavy (non-hydrogen) atoms. The van der Waals surface area contributed by atoms with E-state index in [0.29, 0.717) is 6.61 Å². The second-order valence-electron chi connectivity index (χ2n) is 6.20. The number of nitrogens with zero attached hydrogens (tertiary/aromatic N) is 1. The normalized spacial score (nSPS) is 29.5. The van der Waals surface area contributed by atoms with Gasteiger partial charge in [0, 0.05) is 18.1 Å². The van der Waals surface area contributed by atoms with E-state index in [4.69, 9.17) is 9.47 Å². The van der Waals surface area contributed by atoms with Gasteiger partial charge < -0.3 is 9.47 Å². The van der Waals surface area contributed by atoms with Crippen LogP contribution in [0.4, 0.5) is 5.69 Å². The molecule has 0 N–H and O–H groups in total. The van der Waals surface area contributed by atoms with Gasteiger partial charge in [0.25, 0.3) is 5.69 Å². The fourth-order valence-electron chi connectivity index (χ4n) is 3.33. The Balaban J connectivity index is 1.86. The molecule has 1 aliphatic heterocycles. The Morgan fingerprint density at radius 1 is 1.40 bits per heavy atom. The van der Waals surface area contributed by atoms with Crippen molar-refractivity contribution in [2.75, 3.05) is 6.61 Å². The van der Waals surface area contributed by atoms with E-state index in [-0.39, 0.29) is 17.2 Å². The lowest BCUT2D eigenvalue weighted by atomic mass is 9.71. The van der Waals surface area contributed by atoms with Crippen LogP contribution in [0.5, 0.6) is 5.75 Å². The van der Waals surface area contributed by atoms with Crippen molar-refractivity contribution in [2.45, 2.75) is 19.4 Å². The Kier molecular flexibility index (Phi) is 4.26. The highest BCUT2D eigenvalue weighted by Crippen LogP contribution is 2.45. The molecule has 0 bridgehead atoms. The molecule has 130 valence electrons. The Labute approximate surface area is 144 Å². The van der Waals surface area contributed by atoms with Gasteiger partial charge in [0.15, 0.2) is 5.78 Å². The highest BCUT2D eigenvalue weighted by atomic mass is 16.6. The van der Waals surface area contributed by atoms with Gasteiger partial charge in [-0.3, -0.25) is 19.7 Å². The number of fused-ring (bicyclic) bond motifs is 1. The molecule has 1 saturated heterocycles. The third-order valence-electron chi connectivity index (χ3n) is 4.68. The Morgan fingerprint density at radius 3 is 2.68 bits per heavy atom. The molecule has 1 aromatic rings. The predicted octanol–water partition coefficient (Wildman–Crippen LogP) is 2.61. The van der Waals surface area contributed by atoms with E-state index in [2.05, 4.69) is 0 Å². The molecule has 0 saturated carbocycles. The number of rotatable bonds is 3. The number of allylic oxidation sites excluding steroid dienone is 2. The van der Waals surface area contributed by atoms with Crippen LogP contribution in [0.2, 0.25) is 0 Å². The van der Waals surface area contributed by atoms with Gasteiger partial charge in [0.1, 0.15) is 11.7 Å². The maximum Gasteiger partial charge on any atom is 0.322 e. The first-order valence-electron chi connectivity index (χ1n) is 7.84. The number of hydrogen-bond donors (Lipinski definition) is 0. The summed E-state index contributed by atoms with van der Waals surface area (Å²) in [5.74, 6) is -2.29. The summed E-state index contributed by atoms with van der Waals surface area (Å²) in [5, 5.41) is 10.7. The van der Waals surface area contributed by atoms with Crippen molar-refractivity contribution < 1.29 is 24.0 Å². The molecular formula is C18H17NO6. The number of nitro benzene ring substituents is 1. The van der Waals surface area contributed by atoms with Crippen LogP contribution >= 0.6 is 0 Å². The van der Waals surface area contributed by atoms with Crippen molar-refractivity contribution in [1.29, 1.82) is 0 Å². The smallest absolute Gasteiger partial charge is 0.322 e. The van der Waals surface area contributed by atoms with Gasteiger partial charge in [0.2, 0.25) is 0 Å². The maximum absolute atomic E-state index is 12.6. The van der Waals surface area contributed by atoms with Crippen molar-refractivity contribution >= 4 is 17.4 Å². The van der Waals surface area contributed by atoms with Crippen LogP contribution in [-0.2, 0) is 14.3 Å². The molecule has 7 heteroatoms. The van der Waals surface area contributed by atoms with E-state index >= 15 is 0 Å². The van der Waals surface area contributed by atoms with E-state index < -0.39 is 28.3 Å². The zero-order valence-corrected chi connectivity index (χ0v) is 13.8. The molecular weight excluding hydrogens is 326 g/mol. The first-order valence-corrected chi connectivity index (χ1v) is 7.84. The van der Waals surface area contributed by atoms with Gasteiger partial charge in [-0.05, 0) is 43.7 Å². The Morgan fingerprint density at radius 2 is 2.08 bits per heavy atom. The van der Waals surface area contributed by atoms with E-state index in [9.17, 15) is 19.7 Å². The predicted molar refractivity (Wildman–Crippen MR) is 88.0 cm³/mol. The van der Waals surface area contributed by atoms with E-state index in [0.717, 1.165) is 5.57 Å². The second kappa shape index (κ2) is 6.25. The number of esters is 1. The lowest BCUT2D eigenvalue weighted by Crippen LogP contribution is -2.46. The van der Waals surface area contributed by atoms with Crippen LogP contribution < -0.4 is 4.74 Å². The minimum Gasteiger partial charge on any atom is -0.426 e. The van der Waals surface area contributed by atoms with Gasteiger partial charge in [-0.2, -0.15) is 0 Å². The summed E-state index contributed by atoms with van der Waals surface area (Å²) < 4.78 is 11.1. The quantitative estimate of drug-likeness (QED) is 0.209. The minimum absolute atomic E-state index is 0.107. The standard InChI is InChI=1S/C18H17NO6/c1-3-11-10-24-18(2)9-8-14(20)15(16(11)18)17(21)25-13-6-4-12(5-7-13)19(22)23/h3-9,15-16H,10H2,1-2H3/b11-3+/t15-,16?,18-/m1/s1. The molecule has 0 spiro atoms. The van der Waals surface area contributed by atoms with Crippen molar-refractivity contribution in [1.82, 2.24) is 0 Å². The maximum atomic E-state index is 12.6. The topological polar surface area (TPSA) is 95.7 Å². The van der Waals surface area contributed by atoms with Crippen LogP contribution in [0.25, 0.3) is 0 Å². The van der Waals surface area contributed by atoms with Crippen LogP contribution in [-0.4, -0.2) is 28.9 Å². The lowest BCUT2D eigenvalue weighted by molar-refractivity contribution is -0.384. The molecule has 3 atom stereocenters. The van der Waals surface area contributed by atoms with Gasteiger partial charge in [-0.15, -0.1) is 0 Å². The molecule has 0 amide bonds. The third-order valence-corrected chi connectivity index (χ3v) is 4.68. The highest BCUT2D eigenvalue weighted by Gasteiger charge is 2.53. The number of non-ortho nitro benzene ring substituents is 1. The summed E-state index contributed by atoms with van der Waals surface area (Å²) in [7, 11) is 0. The fraction of sp³-hybridized carbons (Fsp3) is 0.333. The average molecular weight is 343 g/mol. The average Bonchev–Trinajstić information content (AvgIpc) is 2.92. The fourth-order valence-corrected chi connectivity index (χ4v) is 3.33. The first-order chi connectivity index (χ1) is 11.9. The summed E-state index contributed by atoms with van der Waals surface area (Å²) in [5.41, 5.74) is 0.0462. The monoisotopic (exact) mass is 343 g/mol. The summed E-state index contributed by atoms with van der Waals surface area (Å²) in [6.45, 7) is 4.03. The van der Waals surface area contributed by atoms with E-state index in [1.165, 1.54) is 30.3 Å². The van der Waals surface area contributed by atoms with Crippen LogP contribution in [0, 0.1) is 22.0 Å². The molecule has 7 nitrogen and oxygen atoms in total. The zero-order valence-electron chi connectivity index (χ0n) is 13.8. The molecule has 1 aromatic carbocycles. The molecule has 0 aromatic heterocycles. The van der Waals surface area contributed by atoms with E-state index in [1.807, 2.05) is 19.9 Å². The van der Waals surface area contributed by atoms with Crippen LogP contribution in [0.3, 0.4) is 0 Å². The third kappa shape index (κ3) is 2.98. The van der Waals surface area contributed by atoms with Gasteiger partial charge in [-0.1, -0.05) is 6.08 Å². The zero-order chi connectivity index (χ0) is 18.2. The number of hydrogen-bond acceptors (Lipinski definition) is 6. The van der Waals surface area contributed by atoms with Gasteiger partial charge in [-0.25, -0.2) is 0 Å². The largest absolute Gasteiger partial charge is 0.426 e. The molecule has 1 heterocycles. The van der Waals surface area contributed by atoms with Crippen LogP contribution in [0.1, 0.15) is 13.8 Å². The lowest BCUT2D eigenvalue weighted by Gasteiger charge is -2.34. The number of carbonyl (C=O) groups is 2. The van der Waals surface area contributed by atoms with E-state index in [1.54, 1.807) is 6.08 Å². The summed E-state index contributed by atoms with van der Waals surface area (Å²) in [6.07, 6.45) is 4.90. The summed E-state index contributed by atoms with van der Waals surface area (Å²) >= 11 is 0. The summed E-state index contributed by atoms with van der Waals surface area (Å²) in [4.78, 5) is 35.1. The SMILES string of the molecule is C/C=C1\CO[C@]2(C)C=CC(=O)[C@@H](C(=O)Oc3ccc([N+](=O)[O-])cc3)C12. The molecule has 1 fully saturated rings. The molecule has 1 aliphatic carbocycles. The van der Waals surface area contributed by atoms with Crippen molar-refractivity contribution in [2.24, 2.45) is 11.8 Å². The van der Waals surface area contributed by atoms with Crippen molar-refractivity contribution in [3.8, 4) is 5.75 Å². The second-order valence-corrected chi connectivity index (χ2v) is 6.20. The molecule has 2 aliphatic rings. The first kappa shape index (κ1) is 17.0. The minimum atomic E-state index is -1.00. The molecule has 3 rings (SSSR count). The highest BCUT2D eigenvalue weighted by molar-refractivity contribution is 6.07. The van der Waals surface area contributed by atoms with Crippen LogP contribution in [0.15, 0.2) is 48.1 Å². The van der Waals surface area contributed by atoms with Gasteiger partial charge in [0.05, 0.1) is 17.1 Å². The number of nitro groups is 1. The Hall–Kier alpha value is -2.80. The number of carbonyl (C=O) groups excluding carboxylic acids is 2. The summed E-state index contributed by atoms with van der Waals surface area (Å²) in [6, 6.07) is 5.15. The van der Waals surface area contributed by atoms with Crippen molar-refractivity contribution in [3.05, 3.63) is 58.2 Å². The molecule has 0 radical (unpaired) electrons. The van der Waals surface area contributed by atoms with Crippen molar-refractivity contribution in [3.63, 3.8) is 0 Å². The molecule has 1 unspecified atom stereocenters. The Bertz CT molecular complexity index is 794. The van der Waals surface area contributed by atoms with Gasteiger partial charge >= 0.3 is 5.97 Å². The number of ketones is 1. The number of ether oxygens (including phenoxy) is 2.